The minimum absolute atomic E-state index is 0.0106. The second-order valence-electron chi connectivity index (χ2n) is 6.47. The number of fused-ring (bicyclic) bond motifs is 2. The van der Waals surface area contributed by atoms with E-state index in [-0.39, 0.29) is 27.5 Å². The van der Waals surface area contributed by atoms with Gasteiger partial charge in [0, 0.05) is 5.56 Å². The van der Waals surface area contributed by atoms with E-state index in [1.807, 2.05) is 6.07 Å². The van der Waals surface area contributed by atoms with Crippen molar-refractivity contribution in [1.82, 2.24) is 0 Å². The number of hydrogen-bond donors (Lipinski definition) is 4. The summed E-state index contributed by atoms with van der Waals surface area (Å²) in [5, 5.41) is 42.4. The van der Waals surface area contributed by atoms with E-state index in [1.54, 1.807) is 30.3 Å². The number of rotatable bonds is 4. The Bertz CT molecular complexity index is 1080. The summed E-state index contributed by atoms with van der Waals surface area (Å²) in [6, 6.07) is 17.1. The predicted octanol–water partition coefficient (Wildman–Crippen LogP) is 3.08. The van der Waals surface area contributed by atoms with Crippen LogP contribution in [0.2, 0.25) is 5.02 Å². The Morgan fingerprint density at radius 3 is 2.39 bits per heavy atom. The molecule has 1 aliphatic heterocycles. The molecule has 0 spiro atoms. The highest BCUT2D eigenvalue weighted by molar-refractivity contribution is 6.33. The molecule has 0 aromatic heterocycles. The Morgan fingerprint density at radius 1 is 1.00 bits per heavy atom. The van der Waals surface area contributed by atoms with E-state index < -0.39 is 17.5 Å². The quantitative estimate of drug-likeness (QED) is 0.503. The molecule has 1 unspecified atom stereocenters. The molecule has 1 atom stereocenters. The normalized spacial score (nSPS) is 18.0. The molecule has 1 heterocycles. The summed E-state index contributed by atoms with van der Waals surface area (Å²) in [5.74, 6) is -6.80. The minimum Gasteiger partial charge on any atom is -0.478 e. The molecule has 0 aliphatic carbocycles. The molecule has 3 aromatic rings. The lowest BCUT2D eigenvalue weighted by molar-refractivity contribution is -0.358. The van der Waals surface area contributed by atoms with E-state index >= 15 is 0 Å². The average molecular weight is 399 g/mol. The summed E-state index contributed by atoms with van der Waals surface area (Å²) in [6.45, 7) is 0. The van der Waals surface area contributed by atoms with Crippen LogP contribution in [0.5, 0.6) is 5.75 Å². The van der Waals surface area contributed by atoms with Crippen molar-refractivity contribution < 1.29 is 30.0 Å². The van der Waals surface area contributed by atoms with Crippen molar-refractivity contribution in [2.75, 3.05) is 0 Å². The maximum Gasteiger partial charge on any atom is 0.335 e. The number of benzene rings is 3. The van der Waals surface area contributed by atoms with Gasteiger partial charge in [-0.05, 0) is 29.3 Å². The average Bonchev–Trinajstić information content (AvgIpc) is 2.85. The second-order valence-corrected chi connectivity index (χ2v) is 6.85. The first-order valence-electron chi connectivity index (χ1n) is 8.34. The van der Waals surface area contributed by atoms with E-state index in [9.17, 15) is 25.2 Å². The number of aliphatic hydroxyl groups is 3. The highest BCUT2D eigenvalue weighted by Crippen LogP contribution is 2.54. The molecule has 7 heteroatoms. The number of hydrogen-bond acceptors (Lipinski definition) is 5. The first kappa shape index (κ1) is 18.5. The van der Waals surface area contributed by atoms with Gasteiger partial charge in [-0.25, -0.2) is 4.79 Å². The van der Waals surface area contributed by atoms with Crippen LogP contribution in [-0.4, -0.2) is 26.4 Å². The maximum atomic E-state index is 11.3. The Balaban J connectivity index is 1.90. The SMILES string of the molecule is O=C(O)c1cccc(C(O)(O)C2(O)Oc3ccc(-c4ccccc4)c2c3Cl)c1. The lowest BCUT2D eigenvalue weighted by atomic mass is 9.87. The second kappa shape index (κ2) is 6.32. The minimum atomic E-state index is -2.98. The van der Waals surface area contributed by atoms with E-state index in [0.717, 1.165) is 6.07 Å². The largest absolute Gasteiger partial charge is 0.478 e. The number of ether oxygens (including phenoxy) is 1. The molecule has 142 valence electrons. The molecule has 6 nitrogen and oxygen atoms in total. The van der Waals surface area contributed by atoms with E-state index in [0.29, 0.717) is 11.1 Å². The van der Waals surface area contributed by atoms with Gasteiger partial charge < -0.3 is 25.2 Å². The maximum absolute atomic E-state index is 11.3. The van der Waals surface area contributed by atoms with Crippen molar-refractivity contribution in [3.8, 4) is 16.9 Å². The molecule has 2 bridgehead atoms. The number of carboxylic acids is 1. The number of halogens is 1. The van der Waals surface area contributed by atoms with Gasteiger partial charge in [0.1, 0.15) is 5.75 Å². The van der Waals surface area contributed by atoms with Crippen molar-refractivity contribution in [3.63, 3.8) is 0 Å². The highest BCUT2D eigenvalue weighted by atomic mass is 35.5. The number of carbonyl (C=O) groups is 1. The highest BCUT2D eigenvalue weighted by Gasteiger charge is 2.59. The molecule has 4 N–H and O–H groups in total. The van der Waals surface area contributed by atoms with Gasteiger partial charge >= 0.3 is 5.97 Å². The molecular formula is C21H15ClO6. The van der Waals surface area contributed by atoms with Crippen molar-refractivity contribution in [1.29, 1.82) is 0 Å². The zero-order valence-electron chi connectivity index (χ0n) is 14.3. The molecule has 0 fully saturated rings. The van der Waals surface area contributed by atoms with Gasteiger partial charge in [-0.1, -0.05) is 60.1 Å². The zero-order valence-corrected chi connectivity index (χ0v) is 15.1. The summed E-state index contributed by atoms with van der Waals surface area (Å²) < 4.78 is 5.47. The summed E-state index contributed by atoms with van der Waals surface area (Å²) >= 11 is 6.35. The molecule has 4 rings (SSSR count). The van der Waals surface area contributed by atoms with Crippen LogP contribution in [0, 0.1) is 0 Å². The van der Waals surface area contributed by atoms with Crippen LogP contribution in [0.25, 0.3) is 11.1 Å². The summed E-state index contributed by atoms with van der Waals surface area (Å²) in [6.07, 6.45) is 0. The smallest absolute Gasteiger partial charge is 0.335 e. The number of carboxylic acid groups (broad SMARTS) is 1. The van der Waals surface area contributed by atoms with Crippen LogP contribution in [0.1, 0.15) is 21.5 Å². The Labute approximate surface area is 164 Å². The Kier molecular flexibility index (Phi) is 4.17. The Hall–Kier alpha value is -2.90. The summed E-state index contributed by atoms with van der Waals surface area (Å²) in [5.41, 5.74) is 0.699. The summed E-state index contributed by atoms with van der Waals surface area (Å²) in [4.78, 5) is 11.2. The van der Waals surface area contributed by atoms with Crippen LogP contribution in [-0.2, 0) is 11.6 Å². The third-order valence-electron chi connectivity index (χ3n) is 4.77. The standard InChI is InChI=1S/C21H15ClO6/c22-18-16-10-9-15(12-5-2-1-3-6-12)17(18)21(27,28-16)20(25,26)14-8-4-7-13(11-14)19(23)24/h1-11,25-27H,(H,23,24). The number of aromatic carboxylic acids is 1. The first-order valence-corrected chi connectivity index (χ1v) is 8.72. The van der Waals surface area contributed by atoms with Gasteiger partial charge in [0.05, 0.1) is 16.1 Å². The van der Waals surface area contributed by atoms with Crippen LogP contribution in [0.15, 0.2) is 66.7 Å². The molecule has 0 radical (unpaired) electrons. The topological polar surface area (TPSA) is 107 Å². The van der Waals surface area contributed by atoms with Gasteiger partial charge in [0.25, 0.3) is 11.6 Å². The van der Waals surface area contributed by atoms with Crippen molar-refractivity contribution >= 4 is 17.6 Å². The van der Waals surface area contributed by atoms with E-state index in [4.69, 9.17) is 16.3 Å². The fourth-order valence-corrected chi connectivity index (χ4v) is 3.68. The van der Waals surface area contributed by atoms with Gasteiger partial charge in [-0.15, -0.1) is 0 Å². The fourth-order valence-electron chi connectivity index (χ4n) is 3.35. The zero-order chi connectivity index (χ0) is 20.1. The van der Waals surface area contributed by atoms with Crippen LogP contribution < -0.4 is 4.74 Å². The molecule has 3 aromatic carbocycles. The summed E-state index contributed by atoms with van der Waals surface area (Å²) in [7, 11) is 0. The molecule has 0 saturated heterocycles. The van der Waals surface area contributed by atoms with E-state index in [2.05, 4.69) is 0 Å². The Morgan fingerprint density at radius 2 is 1.71 bits per heavy atom. The van der Waals surface area contributed by atoms with E-state index in [1.165, 1.54) is 24.3 Å². The predicted molar refractivity (Wildman–Crippen MR) is 101 cm³/mol. The lowest BCUT2D eigenvalue weighted by Crippen LogP contribution is -2.52. The van der Waals surface area contributed by atoms with Crippen LogP contribution in [0.4, 0.5) is 0 Å². The third kappa shape index (κ3) is 2.58. The monoisotopic (exact) mass is 398 g/mol. The molecule has 0 saturated carbocycles. The van der Waals surface area contributed by atoms with Crippen molar-refractivity contribution in [3.05, 3.63) is 88.4 Å². The van der Waals surface area contributed by atoms with Gasteiger partial charge in [-0.3, -0.25) is 0 Å². The van der Waals surface area contributed by atoms with Crippen molar-refractivity contribution in [2.45, 2.75) is 11.6 Å². The first-order chi connectivity index (χ1) is 13.3. The third-order valence-corrected chi connectivity index (χ3v) is 5.15. The lowest BCUT2D eigenvalue weighted by Gasteiger charge is -2.36. The molecular weight excluding hydrogens is 384 g/mol. The molecule has 0 amide bonds. The van der Waals surface area contributed by atoms with Gasteiger partial charge in [-0.2, -0.15) is 0 Å². The van der Waals surface area contributed by atoms with Crippen LogP contribution >= 0.6 is 11.6 Å². The van der Waals surface area contributed by atoms with Crippen molar-refractivity contribution in [2.24, 2.45) is 0 Å². The molecule has 28 heavy (non-hydrogen) atoms. The molecule has 1 aliphatic rings. The fraction of sp³-hybridized carbons (Fsp3) is 0.0952. The van der Waals surface area contributed by atoms with Gasteiger partial charge in [0.15, 0.2) is 0 Å². The van der Waals surface area contributed by atoms with Crippen LogP contribution in [0.3, 0.4) is 0 Å². The van der Waals surface area contributed by atoms with Gasteiger partial charge in [0.2, 0.25) is 0 Å².